The molecule has 1 saturated heterocycles. The van der Waals surface area contributed by atoms with Crippen LogP contribution in [-0.2, 0) is 9.59 Å². The van der Waals surface area contributed by atoms with Gasteiger partial charge < -0.3 is 19.9 Å². The van der Waals surface area contributed by atoms with Gasteiger partial charge in [0.05, 0.1) is 12.2 Å². The highest BCUT2D eigenvalue weighted by Crippen LogP contribution is 2.34. The van der Waals surface area contributed by atoms with E-state index >= 15 is 0 Å². The van der Waals surface area contributed by atoms with Gasteiger partial charge in [0.1, 0.15) is 6.54 Å². The molecule has 0 bridgehead atoms. The zero-order valence-corrected chi connectivity index (χ0v) is 17.1. The fourth-order valence-electron chi connectivity index (χ4n) is 3.76. The number of benzene rings is 2. The van der Waals surface area contributed by atoms with Gasteiger partial charge in [-0.05, 0) is 61.2 Å². The van der Waals surface area contributed by atoms with Crippen LogP contribution >= 0.6 is 11.6 Å². The van der Waals surface area contributed by atoms with Crippen LogP contribution in [0.2, 0.25) is 5.02 Å². The third-order valence-corrected chi connectivity index (χ3v) is 5.67. The summed E-state index contributed by atoms with van der Waals surface area (Å²) in [5.41, 5.74) is 2.55. The summed E-state index contributed by atoms with van der Waals surface area (Å²) < 4.78 is 5.22. The number of carbonyl (C=O) groups is 2. The van der Waals surface area contributed by atoms with Gasteiger partial charge in [-0.15, -0.1) is 0 Å². The fraction of sp³-hybridized carbons (Fsp3) is 0.364. The van der Waals surface area contributed by atoms with E-state index in [-0.39, 0.29) is 19.0 Å². The minimum absolute atomic E-state index is 0.00703. The maximum Gasteiger partial charge on any atom is 0.331 e. The molecule has 2 aliphatic rings. The molecule has 0 atom stereocenters. The lowest BCUT2D eigenvalue weighted by molar-refractivity contribution is -0.133. The van der Waals surface area contributed by atoms with E-state index in [2.05, 4.69) is 17.1 Å². The first-order valence-electron chi connectivity index (χ1n) is 9.88. The molecule has 2 aromatic rings. The van der Waals surface area contributed by atoms with E-state index in [0.717, 1.165) is 24.7 Å². The van der Waals surface area contributed by atoms with Crippen LogP contribution in [0.4, 0.5) is 17.1 Å². The number of amides is 1. The van der Waals surface area contributed by atoms with E-state index in [1.165, 1.54) is 18.5 Å². The van der Waals surface area contributed by atoms with E-state index in [1.54, 1.807) is 23.1 Å². The third kappa shape index (κ3) is 4.65. The van der Waals surface area contributed by atoms with E-state index < -0.39 is 5.97 Å². The monoisotopic (exact) mass is 413 g/mol. The maximum absolute atomic E-state index is 12.6. The van der Waals surface area contributed by atoms with E-state index in [4.69, 9.17) is 16.3 Å². The molecule has 1 N–H and O–H groups in total. The van der Waals surface area contributed by atoms with Gasteiger partial charge in [0.2, 0.25) is 5.91 Å². The fourth-order valence-corrected chi connectivity index (χ4v) is 3.92. The highest BCUT2D eigenvalue weighted by Gasteiger charge is 2.26. The summed E-state index contributed by atoms with van der Waals surface area (Å²) in [5, 5.41) is 3.43. The Morgan fingerprint density at radius 3 is 2.62 bits per heavy atom. The number of rotatable bonds is 4. The lowest BCUT2D eigenvalue weighted by atomic mass is 9.99. The Balaban J connectivity index is 1.39. The van der Waals surface area contributed by atoms with Crippen molar-refractivity contribution in [3.63, 3.8) is 0 Å². The normalized spacial score (nSPS) is 17.0. The minimum atomic E-state index is -0.396. The second-order valence-corrected chi connectivity index (χ2v) is 8.14. The molecule has 0 saturated carbocycles. The third-order valence-electron chi connectivity index (χ3n) is 5.44. The van der Waals surface area contributed by atoms with Crippen molar-refractivity contribution in [1.82, 2.24) is 0 Å². The Morgan fingerprint density at radius 2 is 1.90 bits per heavy atom. The first-order chi connectivity index (χ1) is 14.0. The summed E-state index contributed by atoms with van der Waals surface area (Å²) in [6.45, 7) is 4.48. The Bertz CT molecular complexity index is 908. The van der Waals surface area contributed by atoms with Gasteiger partial charge in [-0.2, -0.15) is 0 Å². The predicted molar refractivity (Wildman–Crippen MR) is 115 cm³/mol. The summed E-state index contributed by atoms with van der Waals surface area (Å²) in [5.74, 6) is 0.605. The van der Waals surface area contributed by atoms with Crippen LogP contribution in [0.3, 0.4) is 0 Å². The Kier molecular flexibility index (Phi) is 5.62. The smallest absolute Gasteiger partial charge is 0.331 e. The molecular formula is C22H24ClN3O3. The molecule has 29 heavy (non-hydrogen) atoms. The lowest BCUT2D eigenvalue weighted by Gasteiger charge is -2.32. The van der Waals surface area contributed by atoms with Crippen molar-refractivity contribution in [2.24, 2.45) is 5.92 Å². The Morgan fingerprint density at radius 1 is 1.17 bits per heavy atom. The topological polar surface area (TPSA) is 61.9 Å². The molecule has 7 heteroatoms. The predicted octanol–water partition coefficient (Wildman–Crippen LogP) is 3.94. The van der Waals surface area contributed by atoms with Crippen LogP contribution in [0.25, 0.3) is 0 Å². The number of halogens is 1. The minimum Gasteiger partial charge on any atom is -0.423 e. The number of esters is 1. The number of ether oxygens (including phenoxy) is 1. The number of nitrogens with one attached hydrogen (secondary N) is 1. The molecule has 0 aliphatic carbocycles. The van der Waals surface area contributed by atoms with Gasteiger partial charge in [0, 0.05) is 29.5 Å². The molecule has 2 aliphatic heterocycles. The van der Waals surface area contributed by atoms with Crippen molar-refractivity contribution < 1.29 is 14.3 Å². The number of hydrogen-bond acceptors (Lipinski definition) is 5. The van der Waals surface area contributed by atoms with E-state index in [1.807, 2.05) is 24.3 Å². The van der Waals surface area contributed by atoms with E-state index in [9.17, 15) is 9.59 Å². The van der Waals surface area contributed by atoms with Crippen LogP contribution in [0.15, 0.2) is 42.5 Å². The highest BCUT2D eigenvalue weighted by atomic mass is 35.5. The molecule has 2 heterocycles. The van der Waals surface area contributed by atoms with Crippen molar-refractivity contribution >= 4 is 40.5 Å². The van der Waals surface area contributed by atoms with Crippen molar-refractivity contribution in [3.05, 3.63) is 47.5 Å². The number of fused-ring (bicyclic) bond motifs is 1. The number of carbonyl (C=O) groups excluding carboxylic acids is 2. The van der Waals surface area contributed by atoms with Gasteiger partial charge in [-0.25, -0.2) is 4.79 Å². The van der Waals surface area contributed by atoms with E-state index in [0.29, 0.717) is 16.5 Å². The molecule has 2 aromatic carbocycles. The Hall–Kier alpha value is -2.73. The number of anilines is 3. The maximum atomic E-state index is 12.6. The highest BCUT2D eigenvalue weighted by molar-refractivity contribution is 6.31. The summed E-state index contributed by atoms with van der Waals surface area (Å²) in [4.78, 5) is 28.4. The van der Waals surface area contributed by atoms with Crippen molar-refractivity contribution in [3.8, 4) is 5.75 Å². The lowest BCUT2D eigenvalue weighted by Crippen LogP contribution is -2.41. The summed E-state index contributed by atoms with van der Waals surface area (Å²) in [6.07, 6.45) is 2.42. The second-order valence-electron chi connectivity index (χ2n) is 7.71. The summed E-state index contributed by atoms with van der Waals surface area (Å²) >= 11 is 6.06. The van der Waals surface area contributed by atoms with Gasteiger partial charge in [-0.1, -0.05) is 18.5 Å². The van der Waals surface area contributed by atoms with Crippen LogP contribution in [0, 0.1) is 5.92 Å². The molecular weight excluding hydrogens is 390 g/mol. The molecule has 4 rings (SSSR count). The van der Waals surface area contributed by atoms with Crippen molar-refractivity contribution in [1.29, 1.82) is 0 Å². The van der Waals surface area contributed by atoms with Crippen molar-refractivity contribution in [2.75, 3.05) is 41.3 Å². The molecule has 1 amide bonds. The molecule has 6 nitrogen and oxygen atoms in total. The standard InChI is InChI=1S/C22H24ClN3O3/c1-15-8-10-25(11-9-15)18-5-3-17(4-6-18)24-21(27)13-26-14-22(28)29-20-7-2-16(23)12-19(20)26/h2-7,12,15H,8-11,13-14H2,1H3,(H,24,27). The molecule has 0 spiro atoms. The van der Waals surface area contributed by atoms with Gasteiger partial charge in [0.15, 0.2) is 5.75 Å². The van der Waals surface area contributed by atoms with Crippen molar-refractivity contribution in [2.45, 2.75) is 19.8 Å². The molecule has 0 aromatic heterocycles. The van der Waals surface area contributed by atoms with Crippen LogP contribution in [-0.4, -0.2) is 38.1 Å². The molecule has 0 radical (unpaired) electrons. The average molecular weight is 414 g/mol. The zero-order chi connectivity index (χ0) is 20.4. The summed E-state index contributed by atoms with van der Waals surface area (Å²) in [6, 6.07) is 12.9. The SMILES string of the molecule is CC1CCN(c2ccc(NC(=O)CN3CC(=O)Oc4ccc(Cl)cc43)cc2)CC1. The van der Waals surface area contributed by atoms with Crippen LogP contribution in [0.1, 0.15) is 19.8 Å². The van der Waals surface area contributed by atoms with Crippen LogP contribution in [0.5, 0.6) is 5.75 Å². The van der Waals surface area contributed by atoms with Gasteiger partial charge in [0.25, 0.3) is 0 Å². The first-order valence-corrected chi connectivity index (χ1v) is 10.3. The summed E-state index contributed by atoms with van der Waals surface area (Å²) in [7, 11) is 0. The first kappa shape index (κ1) is 19.6. The Labute approximate surface area is 175 Å². The number of nitrogens with zero attached hydrogens (tertiary/aromatic N) is 2. The van der Waals surface area contributed by atoms with Crippen LogP contribution < -0.4 is 19.9 Å². The molecule has 152 valence electrons. The number of hydrogen-bond donors (Lipinski definition) is 1. The zero-order valence-electron chi connectivity index (χ0n) is 16.4. The van der Waals surface area contributed by atoms with Gasteiger partial charge >= 0.3 is 5.97 Å². The number of piperidine rings is 1. The van der Waals surface area contributed by atoms with Gasteiger partial charge in [-0.3, -0.25) is 4.79 Å². The average Bonchev–Trinajstić information content (AvgIpc) is 2.70. The second kappa shape index (κ2) is 8.33. The molecule has 0 unspecified atom stereocenters. The quantitative estimate of drug-likeness (QED) is 0.607. The molecule has 1 fully saturated rings. The largest absolute Gasteiger partial charge is 0.423 e.